The largest absolute Gasteiger partial charge is 0.392 e. The molecule has 0 radical (unpaired) electrons. The van der Waals surface area contributed by atoms with Crippen LogP contribution in [0, 0.1) is 0 Å². The summed E-state index contributed by atoms with van der Waals surface area (Å²) in [5.41, 5.74) is 8.02. The summed E-state index contributed by atoms with van der Waals surface area (Å²) in [5, 5.41) is 15.4. The topological polar surface area (TPSA) is 115 Å². The summed E-state index contributed by atoms with van der Waals surface area (Å²) in [7, 11) is 0. The van der Waals surface area contributed by atoms with Crippen LogP contribution < -0.4 is 10.6 Å². The number of para-hydroxylation sites is 2. The standard InChI is InChI=1S/C40H44N4O5/c1-28(46)41-21-6-2-3-12-39(47)42-24-30-8-7-9-34(22-30)31-17-19-33(20-18-31)40-48-35(25-44-27-43-36-10-4-5-11-37(36)44)23-38(49-40)32-15-13-29(26-45)14-16-32/h4-5,7-11,13-20,22,27,35,38,40,45H,2-3,6,12,21,23-26H2,1H3,(H,41,46)(H,42,47)/t35-,38+,40+/m0/s1. The molecule has 3 N–H and O–H groups in total. The van der Waals surface area contributed by atoms with E-state index in [4.69, 9.17) is 9.47 Å². The SMILES string of the molecule is CC(=O)NCCCCCC(=O)NCc1cccc(-c2ccc([C@@H]3O[C@H](Cn4cnc5ccccc54)C[C@H](c4ccc(CO)cc4)O3)cc2)c1. The number of imidazole rings is 1. The maximum Gasteiger partial charge on any atom is 0.220 e. The number of amides is 2. The summed E-state index contributed by atoms with van der Waals surface area (Å²) < 4.78 is 15.3. The summed E-state index contributed by atoms with van der Waals surface area (Å²) in [6.07, 6.45) is 4.74. The lowest BCUT2D eigenvalue weighted by molar-refractivity contribution is -0.252. The molecule has 9 nitrogen and oxygen atoms in total. The van der Waals surface area contributed by atoms with E-state index < -0.39 is 6.29 Å². The van der Waals surface area contributed by atoms with E-state index in [0.29, 0.717) is 32.5 Å². The van der Waals surface area contributed by atoms with Gasteiger partial charge in [-0.2, -0.15) is 0 Å². The number of hydrogen-bond acceptors (Lipinski definition) is 6. The second-order valence-corrected chi connectivity index (χ2v) is 12.6. The van der Waals surface area contributed by atoms with Gasteiger partial charge in [0.15, 0.2) is 6.29 Å². The van der Waals surface area contributed by atoms with Crippen LogP contribution in [0.2, 0.25) is 0 Å². The average molecular weight is 661 g/mol. The highest BCUT2D eigenvalue weighted by Gasteiger charge is 2.32. The first-order valence-corrected chi connectivity index (χ1v) is 17.1. The molecule has 1 aliphatic heterocycles. The number of fused-ring (bicyclic) bond motifs is 1. The maximum absolute atomic E-state index is 12.4. The molecule has 254 valence electrons. The molecule has 6 rings (SSSR count). The van der Waals surface area contributed by atoms with Crippen LogP contribution in [0.4, 0.5) is 0 Å². The molecule has 0 aliphatic carbocycles. The summed E-state index contributed by atoms with van der Waals surface area (Å²) in [4.78, 5) is 27.9. The van der Waals surface area contributed by atoms with E-state index in [0.717, 1.165) is 63.7 Å². The Bertz CT molecular complexity index is 1840. The number of carbonyl (C=O) groups excluding carboxylic acids is 2. The predicted molar refractivity (Wildman–Crippen MR) is 189 cm³/mol. The lowest BCUT2D eigenvalue weighted by Crippen LogP contribution is -2.32. The Morgan fingerprint density at radius 2 is 1.63 bits per heavy atom. The van der Waals surface area contributed by atoms with Crippen LogP contribution in [-0.4, -0.2) is 39.1 Å². The van der Waals surface area contributed by atoms with Gasteiger partial charge in [-0.05, 0) is 58.9 Å². The van der Waals surface area contributed by atoms with Gasteiger partial charge in [0.2, 0.25) is 11.8 Å². The highest BCUT2D eigenvalue weighted by molar-refractivity contribution is 5.76. The highest BCUT2D eigenvalue weighted by Crippen LogP contribution is 2.39. The lowest BCUT2D eigenvalue weighted by Gasteiger charge is -2.36. The van der Waals surface area contributed by atoms with Crippen molar-refractivity contribution in [3.8, 4) is 11.1 Å². The Morgan fingerprint density at radius 3 is 2.43 bits per heavy atom. The number of aliphatic hydroxyl groups excluding tert-OH is 1. The smallest absolute Gasteiger partial charge is 0.220 e. The zero-order valence-electron chi connectivity index (χ0n) is 27.9. The number of nitrogens with zero attached hydrogens (tertiary/aromatic N) is 2. The summed E-state index contributed by atoms with van der Waals surface area (Å²) in [6.45, 7) is 3.27. The second-order valence-electron chi connectivity index (χ2n) is 12.6. The number of benzene rings is 4. The van der Waals surface area contributed by atoms with E-state index in [1.807, 2.05) is 60.9 Å². The molecule has 4 aromatic carbocycles. The zero-order valence-corrected chi connectivity index (χ0v) is 27.9. The normalized spacial score (nSPS) is 17.6. The third-order valence-corrected chi connectivity index (χ3v) is 8.93. The molecule has 1 aromatic heterocycles. The monoisotopic (exact) mass is 660 g/mol. The molecule has 49 heavy (non-hydrogen) atoms. The Morgan fingerprint density at radius 1 is 0.837 bits per heavy atom. The Labute approximate surface area is 287 Å². The molecule has 1 fully saturated rings. The van der Waals surface area contributed by atoms with Gasteiger partial charge < -0.3 is 29.8 Å². The van der Waals surface area contributed by atoms with Crippen LogP contribution in [0.25, 0.3) is 22.2 Å². The van der Waals surface area contributed by atoms with Gasteiger partial charge in [0, 0.05) is 38.4 Å². The van der Waals surface area contributed by atoms with Crippen molar-refractivity contribution in [3.05, 3.63) is 126 Å². The molecule has 2 amide bonds. The molecule has 0 spiro atoms. The first-order chi connectivity index (χ1) is 23.9. The molecule has 9 heteroatoms. The van der Waals surface area contributed by atoms with Crippen LogP contribution in [0.1, 0.15) is 73.7 Å². The average Bonchev–Trinajstić information content (AvgIpc) is 3.54. The third-order valence-electron chi connectivity index (χ3n) is 8.93. The molecule has 1 saturated heterocycles. The van der Waals surface area contributed by atoms with Crippen LogP contribution >= 0.6 is 0 Å². The van der Waals surface area contributed by atoms with E-state index in [-0.39, 0.29) is 30.6 Å². The Balaban J connectivity index is 1.10. The molecule has 0 saturated carbocycles. The number of aliphatic hydroxyl groups is 1. The molecule has 2 heterocycles. The Hall–Kier alpha value is -4.83. The molecule has 0 bridgehead atoms. The second kappa shape index (κ2) is 16.5. The number of aromatic nitrogens is 2. The van der Waals surface area contributed by atoms with Gasteiger partial charge in [0.25, 0.3) is 0 Å². The molecule has 3 atom stereocenters. The van der Waals surface area contributed by atoms with E-state index in [9.17, 15) is 14.7 Å². The van der Waals surface area contributed by atoms with Crippen molar-refractivity contribution in [2.75, 3.05) is 6.54 Å². The van der Waals surface area contributed by atoms with Gasteiger partial charge in [0.05, 0.1) is 42.7 Å². The van der Waals surface area contributed by atoms with Crippen molar-refractivity contribution in [1.82, 2.24) is 20.2 Å². The number of unbranched alkanes of at least 4 members (excludes halogenated alkanes) is 2. The van der Waals surface area contributed by atoms with Gasteiger partial charge in [-0.1, -0.05) is 85.3 Å². The van der Waals surface area contributed by atoms with Gasteiger partial charge in [-0.15, -0.1) is 0 Å². The van der Waals surface area contributed by atoms with E-state index in [1.165, 1.54) is 6.92 Å². The maximum atomic E-state index is 12.4. The number of ether oxygens (including phenoxy) is 2. The molecular formula is C40H44N4O5. The fraction of sp³-hybridized carbons (Fsp3) is 0.325. The van der Waals surface area contributed by atoms with Crippen molar-refractivity contribution < 1.29 is 24.2 Å². The third kappa shape index (κ3) is 9.20. The van der Waals surface area contributed by atoms with E-state index in [1.54, 1.807) is 0 Å². The van der Waals surface area contributed by atoms with Gasteiger partial charge in [-0.3, -0.25) is 9.59 Å². The first kappa shape index (κ1) is 34.0. The van der Waals surface area contributed by atoms with Crippen molar-refractivity contribution in [1.29, 1.82) is 0 Å². The molecular weight excluding hydrogens is 616 g/mol. The van der Waals surface area contributed by atoms with Crippen LogP contribution in [0.3, 0.4) is 0 Å². The zero-order chi connectivity index (χ0) is 34.0. The van der Waals surface area contributed by atoms with Crippen LogP contribution in [-0.2, 0) is 38.8 Å². The fourth-order valence-electron chi connectivity index (χ4n) is 6.24. The van der Waals surface area contributed by atoms with Crippen molar-refractivity contribution in [2.45, 2.75) is 77.2 Å². The highest BCUT2D eigenvalue weighted by atomic mass is 16.7. The molecule has 0 unspecified atom stereocenters. The van der Waals surface area contributed by atoms with Crippen molar-refractivity contribution in [3.63, 3.8) is 0 Å². The van der Waals surface area contributed by atoms with E-state index >= 15 is 0 Å². The lowest BCUT2D eigenvalue weighted by atomic mass is 9.99. The summed E-state index contributed by atoms with van der Waals surface area (Å²) in [6, 6.07) is 32.5. The van der Waals surface area contributed by atoms with Gasteiger partial charge in [-0.25, -0.2) is 4.98 Å². The number of carbonyl (C=O) groups is 2. The molecule has 5 aromatic rings. The van der Waals surface area contributed by atoms with Crippen molar-refractivity contribution >= 4 is 22.8 Å². The first-order valence-electron chi connectivity index (χ1n) is 17.1. The van der Waals surface area contributed by atoms with E-state index in [2.05, 4.69) is 62.6 Å². The summed E-state index contributed by atoms with van der Waals surface area (Å²) in [5.74, 6) is 0.00713. The Kier molecular flexibility index (Phi) is 11.5. The minimum absolute atomic E-state index is 0.000789. The van der Waals surface area contributed by atoms with Crippen LogP contribution in [0.15, 0.2) is 103 Å². The number of hydrogen-bond donors (Lipinski definition) is 3. The fourth-order valence-corrected chi connectivity index (χ4v) is 6.24. The quantitative estimate of drug-likeness (QED) is 0.114. The number of nitrogens with one attached hydrogen (secondary N) is 2. The van der Waals surface area contributed by atoms with Gasteiger partial charge >= 0.3 is 0 Å². The minimum atomic E-state index is -0.558. The molecule has 1 aliphatic rings. The number of rotatable bonds is 14. The summed E-state index contributed by atoms with van der Waals surface area (Å²) >= 11 is 0. The minimum Gasteiger partial charge on any atom is -0.392 e. The van der Waals surface area contributed by atoms with Crippen LogP contribution in [0.5, 0.6) is 0 Å². The van der Waals surface area contributed by atoms with Crippen molar-refractivity contribution in [2.24, 2.45) is 0 Å². The predicted octanol–water partition coefficient (Wildman–Crippen LogP) is 6.75. The van der Waals surface area contributed by atoms with Gasteiger partial charge in [0.1, 0.15) is 0 Å².